The maximum atomic E-state index is 5.86. The molecule has 2 aromatic carbocycles. The molecule has 0 radical (unpaired) electrons. The van der Waals surface area contributed by atoms with Crippen LogP contribution in [0.2, 0.25) is 0 Å². The molecule has 1 N–H and O–H groups in total. The van der Waals surface area contributed by atoms with Gasteiger partial charge in [-0.25, -0.2) is 0 Å². The number of ether oxygens (including phenoxy) is 2. The minimum absolute atomic E-state index is 0.0589. The first-order valence-corrected chi connectivity index (χ1v) is 11.5. The van der Waals surface area contributed by atoms with Gasteiger partial charge in [-0.05, 0) is 80.4 Å². The Kier molecular flexibility index (Phi) is 8.12. The number of nitrogens with zero attached hydrogens (tertiary/aromatic N) is 2. The van der Waals surface area contributed by atoms with Crippen molar-refractivity contribution < 1.29 is 9.47 Å². The van der Waals surface area contributed by atoms with Crippen LogP contribution < -0.4 is 14.8 Å². The van der Waals surface area contributed by atoms with Crippen molar-refractivity contribution in [3.8, 4) is 11.5 Å². The highest BCUT2D eigenvalue weighted by molar-refractivity contribution is 5.34. The lowest BCUT2D eigenvalue weighted by Crippen LogP contribution is -2.40. The number of aromatic nitrogens is 1. The topological polar surface area (TPSA) is 46.6 Å². The SMILES string of the molecule is COc1cccc([C@H](NCC2CCN(CCOc3ccccc3)CC2)c2ccccn2)c1. The van der Waals surface area contributed by atoms with Crippen LogP contribution >= 0.6 is 0 Å². The lowest BCUT2D eigenvalue weighted by Gasteiger charge is -2.33. The van der Waals surface area contributed by atoms with Crippen LogP contribution in [-0.2, 0) is 0 Å². The minimum atomic E-state index is 0.0589. The van der Waals surface area contributed by atoms with Gasteiger partial charge in [-0.1, -0.05) is 36.4 Å². The molecule has 0 aliphatic carbocycles. The van der Waals surface area contributed by atoms with Gasteiger partial charge in [-0.2, -0.15) is 0 Å². The van der Waals surface area contributed by atoms with E-state index in [9.17, 15) is 0 Å². The van der Waals surface area contributed by atoms with E-state index in [1.165, 1.54) is 18.4 Å². The summed E-state index contributed by atoms with van der Waals surface area (Å²) >= 11 is 0. The Morgan fingerprint density at radius 1 is 0.969 bits per heavy atom. The standard InChI is InChI=1S/C27H33N3O2/c1-31-25-11-7-8-23(20-25)27(26-12-5-6-15-28-26)29-21-22-13-16-30(17-14-22)18-19-32-24-9-3-2-4-10-24/h2-12,15,20,22,27,29H,13-14,16-19,21H2,1H3/t27-/m0/s1. The highest BCUT2D eigenvalue weighted by Gasteiger charge is 2.22. The molecule has 5 heteroatoms. The van der Waals surface area contributed by atoms with Gasteiger partial charge in [0.05, 0.1) is 18.8 Å². The number of nitrogens with one attached hydrogen (secondary N) is 1. The van der Waals surface area contributed by atoms with Crippen molar-refractivity contribution in [2.45, 2.75) is 18.9 Å². The normalized spacial score (nSPS) is 15.9. The van der Waals surface area contributed by atoms with Crippen LogP contribution in [0.1, 0.15) is 30.1 Å². The van der Waals surface area contributed by atoms with Crippen molar-refractivity contribution >= 4 is 0 Å². The summed E-state index contributed by atoms with van der Waals surface area (Å²) in [7, 11) is 1.71. The summed E-state index contributed by atoms with van der Waals surface area (Å²) in [6, 6.07) is 24.5. The van der Waals surface area contributed by atoms with Crippen LogP contribution in [-0.4, -0.2) is 49.8 Å². The number of piperidine rings is 1. The van der Waals surface area contributed by atoms with E-state index >= 15 is 0 Å². The number of para-hydroxylation sites is 1. The Morgan fingerprint density at radius 3 is 2.50 bits per heavy atom. The van der Waals surface area contributed by atoms with Gasteiger partial charge in [-0.15, -0.1) is 0 Å². The average molecular weight is 432 g/mol. The molecule has 0 bridgehead atoms. The van der Waals surface area contributed by atoms with E-state index in [1.807, 2.05) is 60.8 Å². The van der Waals surface area contributed by atoms with Crippen molar-refractivity contribution in [1.82, 2.24) is 15.2 Å². The average Bonchev–Trinajstić information content (AvgIpc) is 2.86. The largest absolute Gasteiger partial charge is 0.497 e. The van der Waals surface area contributed by atoms with Crippen molar-refractivity contribution in [2.75, 3.05) is 39.9 Å². The third kappa shape index (κ3) is 6.31. The molecule has 1 aliphatic heterocycles. The van der Waals surface area contributed by atoms with Gasteiger partial charge in [0.15, 0.2) is 0 Å². The van der Waals surface area contributed by atoms with Crippen LogP contribution in [0.4, 0.5) is 0 Å². The first kappa shape index (κ1) is 22.3. The van der Waals surface area contributed by atoms with E-state index in [1.54, 1.807) is 7.11 Å². The van der Waals surface area contributed by atoms with Crippen LogP contribution in [0.3, 0.4) is 0 Å². The number of methoxy groups -OCH3 is 1. The highest BCUT2D eigenvalue weighted by Crippen LogP contribution is 2.25. The molecule has 1 atom stereocenters. The third-order valence-corrected chi connectivity index (χ3v) is 6.15. The Balaban J connectivity index is 1.27. The number of pyridine rings is 1. The first-order chi connectivity index (χ1) is 15.8. The molecule has 4 rings (SSSR count). The van der Waals surface area contributed by atoms with Gasteiger partial charge in [0.2, 0.25) is 0 Å². The highest BCUT2D eigenvalue weighted by atomic mass is 16.5. The maximum absolute atomic E-state index is 5.86. The summed E-state index contributed by atoms with van der Waals surface area (Å²) < 4.78 is 11.3. The molecular formula is C27H33N3O2. The van der Waals surface area contributed by atoms with Crippen LogP contribution in [0.15, 0.2) is 79.0 Å². The Hall–Kier alpha value is -2.89. The number of benzene rings is 2. The fourth-order valence-corrected chi connectivity index (χ4v) is 4.27. The van der Waals surface area contributed by atoms with E-state index in [0.29, 0.717) is 5.92 Å². The molecule has 0 spiro atoms. The van der Waals surface area contributed by atoms with Crippen LogP contribution in [0.5, 0.6) is 11.5 Å². The molecule has 0 saturated carbocycles. The summed E-state index contributed by atoms with van der Waals surface area (Å²) in [5.74, 6) is 2.49. The maximum Gasteiger partial charge on any atom is 0.119 e. The van der Waals surface area contributed by atoms with Crippen molar-refractivity contribution in [2.24, 2.45) is 5.92 Å². The summed E-state index contributed by atoms with van der Waals surface area (Å²) in [5, 5.41) is 3.79. The Morgan fingerprint density at radius 2 is 1.75 bits per heavy atom. The molecule has 3 aromatic rings. The molecule has 1 fully saturated rings. The summed E-state index contributed by atoms with van der Waals surface area (Å²) in [5.41, 5.74) is 2.22. The number of rotatable bonds is 10. The fourth-order valence-electron chi connectivity index (χ4n) is 4.27. The van der Waals surface area contributed by atoms with Crippen LogP contribution in [0, 0.1) is 5.92 Å². The third-order valence-electron chi connectivity index (χ3n) is 6.15. The molecule has 0 unspecified atom stereocenters. The predicted molar refractivity (Wildman–Crippen MR) is 128 cm³/mol. The second-order valence-corrected chi connectivity index (χ2v) is 8.32. The number of likely N-dealkylation sites (tertiary alicyclic amines) is 1. The summed E-state index contributed by atoms with van der Waals surface area (Å²) in [4.78, 5) is 7.13. The number of hydrogen-bond acceptors (Lipinski definition) is 5. The number of hydrogen-bond donors (Lipinski definition) is 1. The van der Waals surface area contributed by atoms with Crippen LogP contribution in [0.25, 0.3) is 0 Å². The van der Waals surface area contributed by atoms with E-state index in [-0.39, 0.29) is 6.04 Å². The lowest BCUT2D eigenvalue weighted by atomic mass is 9.95. The molecule has 0 amide bonds. The van der Waals surface area contributed by atoms with E-state index in [2.05, 4.69) is 33.4 Å². The van der Waals surface area contributed by atoms with E-state index in [0.717, 1.165) is 50.0 Å². The van der Waals surface area contributed by atoms with Gasteiger partial charge in [0.1, 0.15) is 18.1 Å². The Labute approximate surface area is 191 Å². The van der Waals surface area contributed by atoms with Gasteiger partial charge < -0.3 is 14.8 Å². The van der Waals surface area contributed by atoms with Crippen molar-refractivity contribution in [1.29, 1.82) is 0 Å². The van der Waals surface area contributed by atoms with E-state index in [4.69, 9.17) is 9.47 Å². The monoisotopic (exact) mass is 431 g/mol. The summed E-state index contributed by atoms with van der Waals surface area (Å²) in [6.07, 6.45) is 4.26. The quantitative estimate of drug-likeness (QED) is 0.510. The summed E-state index contributed by atoms with van der Waals surface area (Å²) in [6.45, 7) is 4.95. The molecule has 1 saturated heterocycles. The van der Waals surface area contributed by atoms with Gasteiger partial charge in [0, 0.05) is 12.7 Å². The molecule has 2 heterocycles. The second kappa shape index (κ2) is 11.7. The smallest absolute Gasteiger partial charge is 0.119 e. The van der Waals surface area contributed by atoms with Crippen molar-refractivity contribution in [3.63, 3.8) is 0 Å². The van der Waals surface area contributed by atoms with Crippen molar-refractivity contribution in [3.05, 3.63) is 90.3 Å². The Bertz CT molecular complexity index is 928. The minimum Gasteiger partial charge on any atom is -0.497 e. The zero-order chi connectivity index (χ0) is 22.0. The van der Waals surface area contributed by atoms with Gasteiger partial charge >= 0.3 is 0 Å². The molecule has 5 nitrogen and oxygen atoms in total. The molecule has 1 aliphatic rings. The first-order valence-electron chi connectivity index (χ1n) is 11.5. The molecule has 1 aromatic heterocycles. The molecular weight excluding hydrogens is 398 g/mol. The molecule has 168 valence electrons. The fraction of sp³-hybridized carbons (Fsp3) is 0.370. The zero-order valence-corrected chi connectivity index (χ0v) is 18.8. The zero-order valence-electron chi connectivity index (χ0n) is 18.8. The van der Waals surface area contributed by atoms with Gasteiger partial charge in [0.25, 0.3) is 0 Å². The molecule has 32 heavy (non-hydrogen) atoms. The predicted octanol–water partition coefficient (Wildman–Crippen LogP) is 4.56. The lowest BCUT2D eigenvalue weighted by molar-refractivity contribution is 0.153. The van der Waals surface area contributed by atoms with E-state index < -0.39 is 0 Å². The van der Waals surface area contributed by atoms with Gasteiger partial charge in [-0.3, -0.25) is 9.88 Å². The second-order valence-electron chi connectivity index (χ2n) is 8.32.